The van der Waals surface area contributed by atoms with Gasteiger partial charge in [-0.3, -0.25) is 4.57 Å². The molecule has 0 aliphatic carbocycles. The van der Waals surface area contributed by atoms with Crippen LogP contribution in [-0.4, -0.2) is 22.8 Å². The van der Waals surface area contributed by atoms with E-state index in [9.17, 15) is 0 Å². The van der Waals surface area contributed by atoms with E-state index in [1.54, 1.807) is 0 Å². The molecule has 2 heterocycles. The molecular formula is C15H12ClN3O2. The van der Waals surface area contributed by atoms with Crippen molar-refractivity contribution in [3.8, 4) is 17.2 Å². The van der Waals surface area contributed by atoms with Crippen molar-refractivity contribution < 1.29 is 9.47 Å². The van der Waals surface area contributed by atoms with Crippen molar-refractivity contribution in [1.29, 1.82) is 0 Å². The third-order valence-electron chi connectivity index (χ3n) is 3.44. The first kappa shape index (κ1) is 12.3. The molecule has 5 nitrogen and oxygen atoms in total. The maximum Gasteiger partial charge on any atom is 0.205 e. The molecule has 0 fully saturated rings. The monoisotopic (exact) mass is 301 g/mol. The van der Waals surface area contributed by atoms with Gasteiger partial charge in [0.1, 0.15) is 13.2 Å². The Morgan fingerprint density at radius 3 is 2.76 bits per heavy atom. The lowest BCUT2D eigenvalue weighted by Crippen LogP contribution is -2.15. The van der Waals surface area contributed by atoms with E-state index in [2.05, 4.69) is 4.98 Å². The van der Waals surface area contributed by atoms with E-state index in [1.807, 2.05) is 41.0 Å². The van der Waals surface area contributed by atoms with Crippen LogP contribution >= 0.6 is 11.6 Å². The summed E-state index contributed by atoms with van der Waals surface area (Å²) >= 11 is 6.30. The van der Waals surface area contributed by atoms with Crippen LogP contribution in [0.2, 0.25) is 5.02 Å². The lowest BCUT2D eigenvalue weighted by atomic mass is 10.2. The maximum absolute atomic E-state index is 6.30. The average Bonchev–Trinajstić information content (AvgIpc) is 2.84. The Morgan fingerprint density at radius 2 is 1.90 bits per heavy atom. The second kappa shape index (κ2) is 4.56. The summed E-state index contributed by atoms with van der Waals surface area (Å²) in [4.78, 5) is 4.35. The second-order valence-electron chi connectivity index (χ2n) is 4.74. The van der Waals surface area contributed by atoms with E-state index < -0.39 is 0 Å². The number of nitrogens with two attached hydrogens (primary N) is 1. The summed E-state index contributed by atoms with van der Waals surface area (Å²) in [6.45, 7) is 1.10. The lowest BCUT2D eigenvalue weighted by molar-refractivity contribution is 0.171. The minimum atomic E-state index is 0.384. The molecule has 0 amide bonds. The number of benzene rings is 2. The van der Waals surface area contributed by atoms with Gasteiger partial charge in [-0.05, 0) is 24.3 Å². The van der Waals surface area contributed by atoms with Crippen molar-refractivity contribution in [3.05, 3.63) is 41.4 Å². The van der Waals surface area contributed by atoms with Crippen LogP contribution in [0.4, 0.5) is 5.95 Å². The van der Waals surface area contributed by atoms with Gasteiger partial charge in [0.25, 0.3) is 0 Å². The minimum Gasteiger partial charge on any atom is -0.486 e. The second-order valence-corrected chi connectivity index (χ2v) is 5.15. The third kappa shape index (κ3) is 1.89. The molecule has 6 heteroatoms. The number of ether oxygens (including phenoxy) is 2. The normalized spacial score (nSPS) is 13.6. The number of aromatic nitrogens is 2. The number of para-hydroxylation sites is 1. The summed E-state index contributed by atoms with van der Waals surface area (Å²) in [5.41, 5.74) is 8.44. The van der Waals surface area contributed by atoms with Crippen LogP contribution in [0.5, 0.6) is 11.5 Å². The zero-order chi connectivity index (χ0) is 14.4. The Labute approximate surface area is 125 Å². The van der Waals surface area contributed by atoms with Gasteiger partial charge in [-0.2, -0.15) is 0 Å². The summed E-state index contributed by atoms with van der Waals surface area (Å²) in [5.74, 6) is 1.82. The highest BCUT2D eigenvalue weighted by atomic mass is 35.5. The first-order valence-corrected chi connectivity index (χ1v) is 6.94. The van der Waals surface area contributed by atoms with Crippen molar-refractivity contribution in [2.24, 2.45) is 0 Å². The Kier molecular flexibility index (Phi) is 2.68. The molecule has 21 heavy (non-hydrogen) atoms. The Morgan fingerprint density at radius 1 is 1.10 bits per heavy atom. The molecule has 106 valence electrons. The number of nitrogen functional groups attached to an aromatic ring is 1. The van der Waals surface area contributed by atoms with E-state index in [1.165, 1.54) is 0 Å². The highest BCUT2D eigenvalue weighted by molar-refractivity contribution is 6.35. The standard InChI is InChI=1S/C15H12ClN3O2/c16-10-2-1-3-11-14(10)19(15(17)18-11)9-4-5-12-13(8-9)21-7-6-20-12/h1-5,8H,6-7H2,(H2,17,18). The number of fused-ring (bicyclic) bond motifs is 2. The Balaban J connectivity index is 1.96. The van der Waals surface area contributed by atoms with E-state index in [4.69, 9.17) is 26.8 Å². The van der Waals surface area contributed by atoms with Gasteiger partial charge in [0.2, 0.25) is 5.95 Å². The number of anilines is 1. The van der Waals surface area contributed by atoms with Crippen LogP contribution in [0.15, 0.2) is 36.4 Å². The summed E-state index contributed by atoms with van der Waals surface area (Å²) in [5, 5.41) is 0.603. The zero-order valence-corrected chi connectivity index (χ0v) is 11.8. The Hall–Kier alpha value is -2.40. The predicted molar refractivity (Wildman–Crippen MR) is 81.5 cm³/mol. The fourth-order valence-corrected chi connectivity index (χ4v) is 2.79. The molecule has 0 atom stereocenters. The average molecular weight is 302 g/mol. The van der Waals surface area contributed by atoms with E-state index >= 15 is 0 Å². The van der Waals surface area contributed by atoms with Crippen LogP contribution < -0.4 is 15.2 Å². The molecule has 0 bridgehead atoms. The van der Waals surface area contributed by atoms with Gasteiger partial charge >= 0.3 is 0 Å². The molecule has 2 N–H and O–H groups in total. The molecule has 1 aliphatic heterocycles. The number of nitrogens with zero attached hydrogens (tertiary/aromatic N) is 2. The molecule has 0 radical (unpaired) electrons. The van der Waals surface area contributed by atoms with Crippen LogP contribution in [0.1, 0.15) is 0 Å². The summed E-state index contributed by atoms with van der Waals surface area (Å²) < 4.78 is 13.0. The van der Waals surface area contributed by atoms with Gasteiger partial charge in [0.05, 0.1) is 21.7 Å². The molecule has 4 rings (SSSR count). The summed E-state index contributed by atoms with van der Waals surface area (Å²) in [7, 11) is 0. The van der Waals surface area contributed by atoms with E-state index in [-0.39, 0.29) is 0 Å². The van der Waals surface area contributed by atoms with Crippen molar-refractivity contribution in [1.82, 2.24) is 9.55 Å². The molecule has 1 aromatic heterocycles. The number of hydrogen-bond acceptors (Lipinski definition) is 4. The van der Waals surface area contributed by atoms with Crippen molar-refractivity contribution in [2.45, 2.75) is 0 Å². The number of rotatable bonds is 1. The van der Waals surface area contributed by atoms with Crippen LogP contribution in [0.25, 0.3) is 16.7 Å². The molecule has 3 aromatic rings. The van der Waals surface area contributed by atoms with Crippen molar-refractivity contribution >= 4 is 28.6 Å². The summed E-state index contributed by atoms with van der Waals surface area (Å²) in [6, 6.07) is 11.2. The van der Waals surface area contributed by atoms with Gasteiger partial charge in [0, 0.05) is 6.07 Å². The topological polar surface area (TPSA) is 62.3 Å². The van der Waals surface area contributed by atoms with E-state index in [0.717, 1.165) is 22.5 Å². The van der Waals surface area contributed by atoms with Crippen LogP contribution in [0, 0.1) is 0 Å². The van der Waals surface area contributed by atoms with E-state index in [0.29, 0.717) is 29.9 Å². The smallest absolute Gasteiger partial charge is 0.205 e. The molecule has 0 unspecified atom stereocenters. The fourth-order valence-electron chi connectivity index (χ4n) is 2.54. The van der Waals surface area contributed by atoms with Gasteiger partial charge in [0.15, 0.2) is 11.5 Å². The number of imidazole rings is 1. The van der Waals surface area contributed by atoms with Gasteiger partial charge in [-0.15, -0.1) is 0 Å². The highest BCUT2D eigenvalue weighted by Gasteiger charge is 2.16. The number of hydrogen-bond donors (Lipinski definition) is 1. The van der Waals surface area contributed by atoms with Gasteiger partial charge in [-0.1, -0.05) is 17.7 Å². The number of halogens is 1. The molecule has 0 spiro atoms. The zero-order valence-electron chi connectivity index (χ0n) is 11.0. The lowest BCUT2D eigenvalue weighted by Gasteiger charge is -2.19. The minimum absolute atomic E-state index is 0.384. The third-order valence-corrected chi connectivity index (χ3v) is 3.74. The fraction of sp³-hybridized carbons (Fsp3) is 0.133. The first-order valence-electron chi connectivity index (χ1n) is 6.56. The maximum atomic E-state index is 6.30. The molecule has 1 aliphatic rings. The van der Waals surface area contributed by atoms with Crippen molar-refractivity contribution in [2.75, 3.05) is 18.9 Å². The van der Waals surface area contributed by atoms with Crippen LogP contribution in [-0.2, 0) is 0 Å². The first-order chi connectivity index (χ1) is 10.2. The van der Waals surface area contributed by atoms with Crippen molar-refractivity contribution in [3.63, 3.8) is 0 Å². The molecule has 0 saturated heterocycles. The molecule has 0 saturated carbocycles. The largest absolute Gasteiger partial charge is 0.486 e. The van der Waals surface area contributed by atoms with Crippen LogP contribution in [0.3, 0.4) is 0 Å². The Bertz CT molecular complexity index is 844. The quantitative estimate of drug-likeness (QED) is 0.750. The molecular weight excluding hydrogens is 290 g/mol. The highest BCUT2D eigenvalue weighted by Crippen LogP contribution is 2.35. The SMILES string of the molecule is Nc1nc2cccc(Cl)c2n1-c1ccc2c(c1)OCCO2. The van der Waals surface area contributed by atoms with Gasteiger partial charge in [-0.25, -0.2) is 4.98 Å². The molecule has 2 aromatic carbocycles. The van der Waals surface area contributed by atoms with Gasteiger partial charge < -0.3 is 15.2 Å². The predicted octanol–water partition coefficient (Wildman–Crippen LogP) is 3.03. The summed E-state index contributed by atoms with van der Waals surface area (Å²) in [6.07, 6.45) is 0.